The molecule has 72 valence electrons. The van der Waals surface area contributed by atoms with Crippen LogP contribution in [0.5, 0.6) is 0 Å². The molecule has 1 heterocycles. The van der Waals surface area contributed by atoms with Crippen LogP contribution < -0.4 is 11.3 Å². The fourth-order valence-electron chi connectivity index (χ4n) is 1.72. The second-order valence-electron chi connectivity index (χ2n) is 3.54. The van der Waals surface area contributed by atoms with Gasteiger partial charge in [-0.2, -0.15) is 0 Å². The Labute approximate surface area is 81.6 Å². The number of hydrogen-bond acceptors (Lipinski definition) is 2. The zero-order valence-corrected chi connectivity index (χ0v) is 8.22. The molecule has 0 atom stereocenters. The second-order valence-corrected chi connectivity index (χ2v) is 3.54. The molecule has 0 aliphatic rings. The summed E-state index contributed by atoms with van der Waals surface area (Å²) < 4.78 is 0. The Morgan fingerprint density at radius 1 is 1.21 bits per heavy atom. The number of aryl methyl sites for hydroxylation is 2. The Balaban J connectivity index is 3.07. The molecule has 0 amide bonds. The molecule has 1 aromatic heterocycles. The van der Waals surface area contributed by atoms with E-state index in [1.807, 2.05) is 26.0 Å². The Kier molecular flexibility index (Phi) is 1.81. The summed E-state index contributed by atoms with van der Waals surface area (Å²) in [6, 6.07) is 5.41. The van der Waals surface area contributed by atoms with Gasteiger partial charge in [-0.15, -0.1) is 0 Å². The summed E-state index contributed by atoms with van der Waals surface area (Å²) in [7, 11) is 0. The second kappa shape index (κ2) is 2.87. The first-order valence-corrected chi connectivity index (χ1v) is 4.48. The molecule has 0 aliphatic carbocycles. The number of H-pyrrole nitrogens is 1. The van der Waals surface area contributed by atoms with E-state index in [2.05, 4.69) is 4.98 Å². The van der Waals surface area contributed by atoms with E-state index in [0.29, 0.717) is 5.69 Å². The lowest BCUT2D eigenvalue weighted by Gasteiger charge is -2.07. The summed E-state index contributed by atoms with van der Waals surface area (Å²) in [5.41, 5.74) is 9.17. The lowest BCUT2D eigenvalue weighted by molar-refractivity contribution is 1.28. The van der Waals surface area contributed by atoms with Gasteiger partial charge in [0.25, 0.3) is 0 Å². The van der Waals surface area contributed by atoms with E-state index in [1.165, 1.54) is 6.07 Å². The van der Waals surface area contributed by atoms with Gasteiger partial charge in [-0.3, -0.25) is 4.79 Å². The van der Waals surface area contributed by atoms with Gasteiger partial charge in [0.2, 0.25) is 5.56 Å². The molecule has 0 fully saturated rings. The third kappa shape index (κ3) is 1.18. The molecule has 0 radical (unpaired) electrons. The first kappa shape index (κ1) is 8.81. The van der Waals surface area contributed by atoms with Crippen molar-refractivity contribution >= 4 is 16.6 Å². The molecule has 0 bridgehead atoms. The van der Waals surface area contributed by atoms with Gasteiger partial charge in [-0.25, -0.2) is 0 Å². The number of nitrogens with two attached hydrogens (primary N) is 1. The smallest absolute Gasteiger partial charge is 0.250 e. The van der Waals surface area contributed by atoms with Gasteiger partial charge in [-0.05, 0) is 25.0 Å². The maximum atomic E-state index is 11.2. The zero-order valence-electron chi connectivity index (χ0n) is 8.22. The van der Waals surface area contributed by atoms with E-state index in [1.54, 1.807) is 0 Å². The predicted octanol–water partition coefficient (Wildman–Crippen LogP) is 1.73. The number of aromatic amines is 1. The van der Waals surface area contributed by atoms with Crippen LogP contribution in [0, 0.1) is 13.8 Å². The van der Waals surface area contributed by atoms with Crippen molar-refractivity contribution in [3.8, 4) is 0 Å². The van der Waals surface area contributed by atoms with Crippen LogP contribution in [0.1, 0.15) is 11.1 Å². The molecule has 3 heteroatoms. The van der Waals surface area contributed by atoms with E-state index in [-0.39, 0.29) is 5.56 Å². The van der Waals surface area contributed by atoms with Gasteiger partial charge in [0.05, 0.1) is 5.52 Å². The number of nitrogen functional groups attached to an aromatic ring is 1. The highest BCUT2D eigenvalue weighted by atomic mass is 16.1. The summed E-state index contributed by atoms with van der Waals surface area (Å²) in [4.78, 5) is 14.0. The predicted molar refractivity (Wildman–Crippen MR) is 58.5 cm³/mol. The summed E-state index contributed by atoms with van der Waals surface area (Å²) in [6.07, 6.45) is 0. The molecule has 14 heavy (non-hydrogen) atoms. The SMILES string of the molecule is Cc1ccc(C)c2c(N)cc(=O)[nH]c12. The lowest BCUT2D eigenvalue weighted by Crippen LogP contribution is -2.07. The summed E-state index contributed by atoms with van der Waals surface area (Å²) >= 11 is 0. The average molecular weight is 188 g/mol. The molecular weight excluding hydrogens is 176 g/mol. The van der Waals surface area contributed by atoms with Crippen LogP contribution in [0.15, 0.2) is 23.0 Å². The van der Waals surface area contributed by atoms with Crippen LogP contribution in [0.4, 0.5) is 5.69 Å². The van der Waals surface area contributed by atoms with Crippen molar-refractivity contribution < 1.29 is 0 Å². The summed E-state index contributed by atoms with van der Waals surface area (Å²) in [5, 5.41) is 0.949. The standard InChI is InChI=1S/C11H12N2O/c1-6-3-4-7(2)11-10(6)8(12)5-9(14)13-11/h3-5H,1-2H3,(H3,12,13,14). The van der Waals surface area contributed by atoms with Gasteiger partial charge in [0.1, 0.15) is 0 Å². The molecule has 3 N–H and O–H groups in total. The van der Waals surface area contributed by atoms with Crippen molar-refractivity contribution in [2.45, 2.75) is 13.8 Å². The number of pyridine rings is 1. The maximum absolute atomic E-state index is 11.2. The van der Waals surface area contributed by atoms with Gasteiger partial charge < -0.3 is 10.7 Å². The number of fused-ring (bicyclic) bond motifs is 1. The van der Waals surface area contributed by atoms with E-state index >= 15 is 0 Å². The minimum atomic E-state index is -0.149. The van der Waals surface area contributed by atoms with Crippen molar-refractivity contribution in [3.05, 3.63) is 39.7 Å². The number of benzene rings is 1. The molecule has 0 spiro atoms. The number of hydrogen-bond donors (Lipinski definition) is 2. The highest BCUT2D eigenvalue weighted by molar-refractivity contribution is 5.94. The van der Waals surface area contributed by atoms with Gasteiger partial charge in [0, 0.05) is 17.1 Å². The topological polar surface area (TPSA) is 58.9 Å². The monoisotopic (exact) mass is 188 g/mol. The quantitative estimate of drug-likeness (QED) is 0.661. The molecule has 2 rings (SSSR count). The van der Waals surface area contributed by atoms with Crippen LogP contribution in [0.2, 0.25) is 0 Å². The van der Waals surface area contributed by atoms with Gasteiger partial charge in [-0.1, -0.05) is 12.1 Å². The number of aromatic nitrogens is 1. The van der Waals surface area contributed by atoms with Gasteiger partial charge in [0.15, 0.2) is 0 Å². The fourth-order valence-corrected chi connectivity index (χ4v) is 1.72. The highest BCUT2D eigenvalue weighted by Crippen LogP contribution is 2.23. The van der Waals surface area contributed by atoms with Crippen LogP contribution in [0.25, 0.3) is 10.9 Å². The van der Waals surface area contributed by atoms with Crippen LogP contribution in [-0.4, -0.2) is 4.98 Å². The summed E-state index contributed by atoms with van der Waals surface area (Å²) in [5.74, 6) is 0. The molecule has 0 saturated carbocycles. The summed E-state index contributed by atoms with van der Waals surface area (Å²) in [6.45, 7) is 3.94. The van der Waals surface area contributed by atoms with E-state index in [9.17, 15) is 4.79 Å². The normalized spacial score (nSPS) is 10.7. The molecule has 0 aliphatic heterocycles. The number of rotatable bonds is 0. The van der Waals surface area contributed by atoms with Crippen molar-refractivity contribution in [3.63, 3.8) is 0 Å². The first-order chi connectivity index (χ1) is 6.59. The minimum absolute atomic E-state index is 0.149. The maximum Gasteiger partial charge on any atom is 0.250 e. The molecule has 0 unspecified atom stereocenters. The third-order valence-electron chi connectivity index (χ3n) is 2.45. The minimum Gasteiger partial charge on any atom is -0.398 e. The number of anilines is 1. The molecule has 2 aromatic rings. The van der Waals surface area contributed by atoms with Crippen molar-refractivity contribution in [1.82, 2.24) is 4.98 Å². The van der Waals surface area contributed by atoms with Crippen LogP contribution >= 0.6 is 0 Å². The highest BCUT2D eigenvalue weighted by Gasteiger charge is 2.05. The Hall–Kier alpha value is -1.77. The van der Waals surface area contributed by atoms with Crippen LogP contribution in [0.3, 0.4) is 0 Å². The van der Waals surface area contributed by atoms with Crippen LogP contribution in [-0.2, 0) is 0 Å². The average Bonchev–Trinajstić information content (AvgIpc) is 2.10. The zero-order chi connectivity index (χ0) is 10.3. The van der Waals surface area contributed by atoms with Crippen molar-refractivity contribution in [2.75, 3.05) is 5.73 Å². The third-order valence-corrected chi connectivity index (χ3v) is 2.45. The Morgan fingerprint density at radius 2 is 1.86 bits per heavy atom. The molecule has 1 aromatic carbocycles. The van der Waals surface area contributed by atoms with E-state index < -0.39 is 0 Å². The number of nitrogens with one attached hydrogen (secondary N) is 1. The van der Waals surface area contributed by atoms with Crippen molar-refractivity contribution in [1.29, 1.82) is 0 Å². The molecular formula is C11H12N2O. The molecule has 0 saturated heterocycles. The Morgan fingerprint density at radius 3 is 2.57 bits per heavy atom. The Bertz CT molecular complexity index is 555. The van der Waals surface area contributed by atoms with Crippen molar-refractivity contribution in [2.24, 2.45) is 0 Å². The lowest BCUT2D eigenvalue weighted by atomic mass is 10.0. The van der Waals surface area contributed by atoms with Gasteiger partial charge >= 0.3 is 0 Å². The van der Waals surface area contributed by atoms with E-state index in [0.717, 1.165) is 22.0 Å². The van der Waals surface area contributed by atoms with E-state index in [4.69, 9.17) is 5.73 Å². The molecule has 3 nitrogen and oxygen atoms in total. The first-order valence-electron chi connectivity index (χ1n) is 4.48. The largest absolute Gasteiger partial charge is 0.398 e. The fraction of sp³-hybridized carbons (Fsp3) is 0.182.